The van der Waals surface area contributed by atoms with Crippen molar-refractivity contribution < 1.29 is 4.39 Å². The Morgan fingerprint density at radius 3 is 2.62 bits per heavy atom. The van der Waals surface area contributed by atoms with Crippen molar-refractivity contribution in [3.05, 3.63) is 95.0 Å². The van der Waals surface area contributed by atoms with E-state index in [1.807, 2.05) is 50.2 Å². The molecule has 0 atom stereocenters. The second-order valence-electron chi connectivity index (χ2n) is 7.62. The zero-order valence-electron chi connectivity index (χ0n) is 17.5. The van der Waals surface area contributed by atoms with Gasteiger partial charge in [0.1, 0.15) is 22.5 Å². The maximum atomic E-state index is 13.5. The fourth-order valence-electron chi connectivity index (χ4n) is 3.72. The van der Waals surface area contributed by atoms with Gasteiger partial charge >= 0.3 is 0 Å². The van der Waals surface area contributed by atoms with E-state index in [9.17, 15) is 4.39 Å². The molecule has 0 unspecified atom stereocenters. The molecule has 5 rings (SSSR count). The van der Waals surface area contributed by atoms with Crippen molar-refractivity contribution in [2.45, 2.75) is 13.8 Å². The number of anilines is 2. The van der Waals surface area contributed by atoms with Gasteiger partial charge in [0.15, 0.2) is 5.65 Å². The van der Waals surface area contributed by atoms with Crippen LogP contribution in [0.25, 0.3) is 28.2 Å². The smallest absolute Gasteiger partial charge is 0.155 e. The number of benzene rings is 2. The van der Waals surface area contributed by atoms with Gasteiger partial charge in [0.2, 0.25) is 0 Å². The van der Waals surface area contributed by atoms with E-state index in [2.05, 4.69) is 21.5 Å². The van der Waals surface area contributed by atoms with Gasteiger partial charge in [-0.3, -0.25) is 0 Å². The Morgan fingerprint density at radius 1 is 0.938 bits per heavy atom. The maximum Gasteiger partial charge on any atom is 0.155 e. The Hall–Kier alpha value is -3.77. The zero-order chi connectivity index (χ0) is 22.2. The number of fused-ring (bicyclic) bond motifs is 1. The van der Waals surface area contributed by atoms with E-state index in [4.69, 9.17) is 16.6 Å². The van der Waals surface area contributed by atoms with Gasteiger partial charge in [-0.15, -0.1) is 0 Å². The fraction of sp³-hybridized carbons (Fsp3) is 0.0800. The third-order valence-corrected chi connectivity index (χ3v) is 5.42. The second-order valence-corrected chi connectivity index (χ2v) is 8.01. The number of halogens is 2. The number of nitrogens with one attached hydrogen (secondary N) is 1. The van der Waals surface area contributed by atoms with Crippen molar-refractivity contribution in [3.8, 4) is 22.5 Å². The number of nitrogens with zero attached hydrogens (tertiary/aromatic N) is 4. The molecule has 1 N–H and O–H groups in total. The standard InChI is InChI=1S/C25H19ClFN5/c1-15-4-3-5-17(12-15)24-25(32-23(30-24)9-8-21(26)31-32)18-10-11-28-22(14-18)29-20-7-6-19(27)13-16(20)2/h3-14H,1-2H3,(H,28,29). The lowest BCUT2D eigenvalue weighted by atomic mass is 10.0. The van der Waals surface area contributed by atoms with Crippen LogP contribution in [-0.2, 0) is 0 Å². The third kappa shape index (κ3) is 3.81. The summed E-state index contributed by atoms with van der Waals surface area (Å²) < 4.78 is 15.2. The summed E-state index contributed by atoms with van der Waals surface area (Å²) in [7, 11) is 0. The van der Waals surface area contributed by atoms with Crippen molar-refractivity contribution in [3.63, 3.8) is 0 Å². The molecule has 0 aliphatic heterocycles. The number of rotatable bonds is 4. The van der Waals surface area contributed by atoms with Gasteiger partial charge < -0.3 is 5.32 Å². The number of aryl methyl sites for hydroxylation is 2. The molecule has 0 saturated heterocycles. The van der Waals surface area contributed by atoms with E-state index in [0.29, 0.717) is 16.6 Å². The van der Waals surface area contributed by atoms with Crippen molar-refractivity contribution in [2.24, 2.45) is 0 Å². The first-order chi connectivity index (χ1) is 15.5. The summed E-state index contributed by atoms with van der Waals surface area (Å²) in [6.07, 6.45) is 1.72. The van der Waals surface area contributed by atoms with Gasteiger partial charge in [0, 0.05) is 23.0 Å². The summed E-state index contributed by atoms with van der Waals surface area (Å²) in [5.41, 5.74) is 6.90. The van der Waals surface area contributed by atoms with Gasteiger partial charge in [-0.05, 0) is 67.9 Å². The quantitative estimate of drug-likeness (QED) is 0.339. The normalized spacial score (nSPS) is 11.1. The lowest BCUT2D eigenvalue weighted by molar-refractivity contribution is 0.627. The van der Waals surface area contributed by atoms with Crippen LogP contribution in [0.1, 0.15) is 11.1 Å². The minimum atomic E-state index is -0.272. The largest absolute Gasteiger partial charge is 0.340 e. The first-order valence-corrected chi connectivity index (χ1v) is 10.5. The highest BCUT2D eigenvalue weighted by Crippen LogP contribution is 2.34. The Labute approximate surface area is 189 Å². The van der Waals surface area contributed by atoms with Crippen LogP contribution in [0.4, 0.5) is 15.9 Å². The number of hydrogen-bond acceptors (Lipinski definition) is 4. The summed E-state index contributed by atoms with van der Waals surface area (Å²) in [5.74, 6) is 0.357. The van der Waals surface area contributed by atoms with Gasteiger partial charge in [-0.25, -0.2) is 18.9 Å². The summed E-state index contributed by atoms with van der Waals surface area (Å²) in [6.45, 7) is 3.90. The molecule has 0 aliphatic carbocycles. The summed E-state index contributed by atoms with van der Waals surface area (Å²) in [5, 5.41) is 8.15. The molecule has 0 bridgehead atoms. The molecule has 5 nitrogen and oxygen atoms in total. The molecule has 0 radical (unpaired) electrons. The predicted octanol–water partition coefficient (Wildman–Crippen LogP) is 6.61. The van der Waals surface area contributed by atoms with E-state index in [1.165, 1.54) is 12.1 Å². The van der Waals surface area contributed by atoms with E-state index in [-0.39, 0.29) is 5.82 Å². The highest BCUT2D eigenvalue weighted by atomic mass is 35.5. The van der Waals surface area contributed by atoms with Crippen LogP contribution in [0, 0.1) is 19.7 Å². The molecule has 5 aromatic rings. The van der Waals surface area contributed by atoms with Crippen LogP contribution < -0.4 is 5.32 Å². The van der Waals surface area contributed by atoms with Gasteiger partial charge in [-0.1, -0.05) is 35.4 Å². The molecular weight excluding hydrogens is 425 g/mol. The van der Waals surface area contributed by atoms with E-state index in [0.717, 1.165) is 39.3 Å². The fourth-order valence-corrected chi connectivity index (χ4v) is 3.85. The number of pyridine rings is 1. The zero-order valence-corrected chi connectivity index (χ0v) is 18.2. The molecule has 3 heterocycles. The van der Waals surface area contributed by atoms with E-state index < -0.39 is 0 Å². The van der Waals surface area contributed by atoms with Crippen LogP contribution >= 0.6 is 11.6 Å². The lowest BCUT2D eigenvalue weighted by Gasteiger charge is -2.11. The molecule has 3 aromatic heterocycles. The van der Waals surface area contributed by atoms with E-state index in [1.54, 1.807) is 22.8 Å². The van der Waals surface area contributed by atoms with E-state index >= 15 is 0 Å². The van der Waals surface area contributed by atoms with Crippen LogP contribution in [0.3, 0.4) is 0 Å². The molecule has 0 fully saturated rings. The molecule has 0 amide bonds. The Kier molecular flexibility index (Phi) is 5.07. The monoisotopic (exact) mass is 443 g/mol. The molecule has 158 valence electrons. The molecule has 0 spiro atoms. The van der Waals surface area contributed by atoms with Crippen LogP contribution in [0.2, 0.25) is 5.15 Å². The van der Waals surface area contributed by atoms with Gasteiger partial charge in [0.05, 0.1) is 5.69 Å². The summed E-state index contributed by atoms with van der Waals surface area (Å²) >= 11 is 6.21. The van der Waals surface area contributed by atoms with Crippen molar-refractivity contribution >= 4 is 28.8 Å². The first kappa shape index (κ1) is 20.2. The average molecular weight is 444 g/mol. The molecule has 2 aromatic carbocycles. The van der Waals surface area contributed by atoms with Crippen LogP contribution in [0.5, 0.6) is 0 Å². The SMILES string of the molecule is Cc1cccc(-c2nc3ccc(Cl)nn3c2-c2ccnc(Nc3ccc(F)cc3C)c2)c1. The number of imidazole rings is 1. The molecule has 0 aliphatic rings. The average Bonchev–Trinajstić information content (AvgIpc) is 3.14. The highest BCUT2D eigenvalue weighted by Gasteiger charge is 2.18. The van der Waals surface area contributed by atoms with Crippen molar-refractivity contribution in [1.29, 1.82) is 0 Å². The summed E-state index contributed by atoms with van der Waals surface area (Å²) in [6, 6.07) is 20.2. The Balaban J connectivity index is 1.66. The number of hydrogen-bond donors (Lipinski definition) is 1. The van der Waals surface area contributed by atoms with Gasteiger partial charge in [0.25, 0.3) is 0 Å². The minimum absolute atomic E-state index is 0.272. The molecule has 0 saturated carbocycles. The predicted molar refractivity (Wildman–Crippen MR) is 126 cm³/mol. The van der Waals surface area contributed by atoms with Crippen molar-refractivity contribution in [1.82, 2.24) is 19.6 Å². The van der Waals surface area contributed by atoms with Crippen LogP contribution in [0.15, 0.2) is 72.9 Å². The molecule has 7 heteroatoms. The Bertz CT molecular complexity index is 1460. The Morgan fingerprint density at radius 2 is 1.81 bits per heavy atom. The van der Waals surface area contributed by atoms with Gasteiger partial charge in [-0.2, -0.15) is 5.10 Å². The van der Waals surface area contributed by atoms with Crippen molar-refractivity contribution in [2.75, 3.05) is 5.32 Å². The maximum absolute atomic E-state index is 13.5. The minimum Gasteiger partial charge on any atom is -0.340 e. The number of aromatic nitrogens is 4. The second kappa shape index (κ2) is 8.05. The third-order valence-electron chi connectivity index (χ3n) is 5.22. The molecular formula is C25H19ClFN5. The summed E-state index contributed by atoms with van der Waals surface area (Å²) in [4.78, 5) is 9.28. The van der Waals surface area contributed by atoms with Crippen LogP contribution in [-0.4, -0.2) is 19.6 Å². The lowest BCUT2D eigenvalue weighted by Crippen LogP contribution is -1.99. The first-order valence-electron chi connectivity index (χ1n) is 10.1. The molecule has 32 heavy (non-hydrogen) atoms. The topological polar surface area (TPSA) is 55.1 Å². The highest BCUT2D eigenvalue weighted by molar-refractivity contribution is 6.29.